The molecule has 0 saturated heterocycles. The molecule has 1 unspecified atom stereocenters. The first-order valence-electron chi connectivity index (χ1n) is 14.5. The molecule has 0 radical (unpaired) electrons. The van der Waals surface area contributed by atoms with Gasteiger partial charge >= 0.3 is 0 Å². The van der Waals surface area contributed by atoms with E-state index in [0.29, 0.717) is 12.3 Å². The van der Waals surface area contributed by atoms with Crippen LogP contribution in [0, 0.1) is 11.7 Å². The highest BCUT2D eigenvalue weighted by Gasteiger charge is 2.37. The van der Waals surface area contributed by atoms with E-state index in [2.05, 4.69) is 35.4 Å². The number of benzene rings is 3. The number of allylic oxidation sites excluding steroid dienone is 2. The Labute approximate surface area is 239 Å². The maximum absolute atomic E-state index is 13.5. The number of para-hydroxylation sites is 1. The Hall–Kier alpha value is -4.45. The minimum atomic E-state index is -0.242. The molecule has 3 atom stereocenters. The van der Waals surface area contributed by atoms with E-state index < -0.39 is 0 Å². The molecule has 0 bridgehead atoms. The number of hydrogen-bond acceptors (Lipinski definition) is 2. The Balaban J connectivity index is 1.13. The van der Waals surface area contributed by atoms with Gasteiger partial charge in [-0.05, 0) is 66.6 Å². The summed E-state index contributed by atoms with van der Waals surface area (Å²) in [6.07, 6.45) is 8.16. The van der Waals surface area contributed by atoms with Gasteiger partial charge < -0.3 is 10.3 Å². The molecule has 0 spiro atoms. The number of halogens is 1. The molecular weight excluding hydrogens is 511 g/mol. The molecule has 41 heavy (non-hydrogen) atoms. The van der Waals surface area contributed by atoms with Crippen molar-refractivity contribution in [3.8, 4) is 5.69 Å². The lowest BCUT2D eigenvalue weighted by Crippen LogP contribution is -2.31. The number of rotatable bonds is 7. The molecule has 5 nitrogen and oxygen atoms in total. The van der Waals surface area contributed by atoms with Gasteiger partial charge in [-0.3, -0.25) is 4.79 Å². The zero-order valence-electron chi connectivity index (χ0n) is 23.1. The van der Waals surface area contributed by atoms with Gasteiger partial charge in [0.25, 0.3) is 0 Å². The maximum Gasteiger partial charge on any atom is 0.224 e. The fourth-order valence-electron chi connectivity index (χ4n) is 7.08. The fraction of sp³-hybridized carbons (Fsp3) is 0.257. The van der Waals surface area contributed by atoms with Crippen molar-refractivity contribution in [2.75, 3.05) is 0 Å². The molecule has 6 heteroatoms. The molecule has 0 fully saturated rings. The van der Waals surface area contributed by atoms with Crippen molar-refractivity contribution in [3.63, 3.8) is 0 Å². The lowest BCUT2D eigenvalue weighted by atomic mass is 9.77. The van der Waals surface area contributed by atoms with Crippen LogP contribution in [0.3, 0.4) is 0 Å². The average Bonchev–Trinajstić information content (AvgIpc) is 3.72. The van der Waals surface area contributed by atoms with Crippen LogP contribution in [0.1, 0.15) is 60.5 Å². The number of carbonyl (C=O) groups is 1. The largest absolute Gasteiger partial charge is 0.361 e. The van der Waals surface area contributed by atoms with E-state index in [1.54, 1.807) is 12.1 Å². The number of nitrogens with zero attached hydrogens (tertiary/aromatic N) is 2. The van der Waals surface area contributed by atoms with Crippen LogP contribution in [0.15, 0.2) is 102 Å². The van der Waals surface area contributed by atoms with Crippen LogP contribution in [0.4, 0.5) is 4.39 Å². The Kier molecular flexibility index (Phi) is 6.54. The van der Waals surface area contributed by atoms with E-state index in [0.717, 1.165) is 53.4 Å². The Morgan fingerprint density at radius 2 is 1.85 bits per heavy atom. The van der Waals surface area contributed by atoms with Crippen LogP contribution >= 0.6 is 0 Å². The highest BCUT2D eigenvalue weighted by Crippen LogP contribution is 2.49. The summed E-state index contributed by atoms with van der Waals surface area (Å²) in [6, 6.07) is 25.0. The number of amides is 1. The molecule has 1 amide bonds. The van der Waals surface area contributed by atoms with Crippen molar-refractivity contribution in [1.82, 2.24) is 20.1 Å². The second-order valence-electron chi connectivity index (χ2n) is 11.4. The third-order valence-corrected chi connectivity index (χ3v) is 9.01. The maximum atomic E-state index is 13.5. The molecule has 3 aromatic carbocycles. The van der Waals surface area contributed by atoms with Crippen LogP contribution in [0.2, 0.25) is 0 Å². The second kappa shape index (κ2) is 10.5. The molecule has 5 aromatic rings. The highest BCUT2D eigenvalue weighted by atomic mass is 19.1. The van der Waals surface area contributed by atoms with Crippen LogP contribution in [-0.4, -0.2) is 20.7 Å². The SMILES string of the molecule is C[C@@H]1C2=C(CC[C@@H]2CC(NC(=O)Cc2c[nH]c3ccccc23)c2ccccc2)Cc2c1cnn2-c1ccc(F)cc1. The van der Waals surface area contributed by atoms with Gasteiger partial charge in [0.05, 0.1) is 30.0 Å². The van der Waals surface area contributed by atoms with E-state index >= 15 is 0 Å². The van der Waals surface area contributed by atoms with E-state index in [-0.39, 0.29) is 23.7 Å². The number of hydrogen-bond donors (Lipinski definition) is 2. The van der Waals surface area contributed by atoms with Crippen molar-refractivity contribution >= 4 is 16.8 Å². The quantitative estimate of drug-likeness (QED) is 0.211. The summed E-state index contributed by atoms with van der Waals surface area (Å²) < 4.78 is 15.5. The molecule has 0 aliphatic heterocycles. The summed E-state index contributed by atoms with van der Waals surface area (Å²) in [4.78, 5) is 16.7. The topological polar surface area (TPSA) is 62.7 Å². The van der Waals surface area contributed by atoms with Crippen molar-refractivity contribution in [3.05, 3.63) is 131 Å². The van der Waals surface area contributed by atoms with Gasteiger partial charge in [-0.15, -0.1) is 0 Å². The third kappa shape index (κ3) is 4.77. The van der Waals surface area contributed by atoms with Crippen LogP contribution in [0.25, 0.3) is 16.6 Å². The smallest absolute Gasteiger partial charge is 0.224 e. The van der Waals surface area contributed by atoms with Crippen molar-refractivity contribution in [2.45, 2.75) is 51.0 Å². The molecule has 2 heterocycles. The molecule has 206 valence electrons. The van der Waals surface area contributed by atoms with Crippen LogP contribution in [-0.2, 0) is 17.6 Å². The standard InChI is InChI=1S/C35H33FN4O/c1-22-30-21-38-40(28-15-13-27(36)14-16-28)33(30)18-25-12-11-24(35(22)25)17-32(23-7-3-2-4-8-23)39-34(41)19-26-20-37-31-10-6-5-9-29(26)31/h2-10,13-16,20-22,24,32,37H,11-12,17-19H2,1H3,(H,39,41)/t22-,24+,32?/m0/s1. The van der Waals surface area contributed by atoms with Crippen molar-refractivity contribution in [2.24, 2.45) is 5.92 Å². The minimum Gasteiger partial charge on any atom is -0.361 e. The number of aromatic nitrogens is 3. The number of fused-ring (bicyclic) bond motifs is 2. The zero-order chi connectivity index (χ0) is 27.9. The lowest BCUT2D eigenvalue weighted by molar-refractivity contribution is -0.121. The minimum absolute atomic E-state index is 0.0374. The average molecular weight is 545 g/mol. The van der Waals surface area contributed by atoms with Gasteiger partial charge in [0.2, 0.25) is 5.91 Å². The Morgan fingerprint density at radius 3 is 2.68 bits per heavy atom. The normalized spacial score (nSPS) is 18.8. The van der Waals surface area contributed by atoms with E-state index in [1.807, 2.05) is 53.5 Å². The third-order valence-electron chi connectivity index (χ3n) is 9.01. The van der Waals surface area contributed by atoms with E-state index in [9.17, 15) is 9.18 Å². The first-order chi connectivity index (χ1) is 20.0. The lowest BCUT2D eigenvalue weighted by Gasteiger charge is -2.30. The molecular formula is C35H33FN4O. The van der Waals surface area contributed by atoms with E-state index in [4.69, 9.17) is 5.10 Å². The van der Waals surface area contributed by atoms with Gasteiger partial charge in [0, 0.05) is 35.0 Å². The second-order valence-corrected chi connectivity index (χ2v) is 11.4. The molecule has 0 saturated carbocycles. The summed E-state index contributed by atoms with van der Waals surface area (Å²) in [5.41, 5.74) is 9.56. The first kappa shape index (κ1) is 25.5. The zero-order valence-corrected chi connectivity index (χ0v) is 23.1. The molecule has 2 N–H and O–H groups in total. The Morgan fingerprint density at radius 1 is 1.07 bits per heavy atom. The summed E-state index contributed by atoms with van der Waals surface area (Å²) >= 11 is 0. The Bertz CT molecular complexity index is 1750. The van der Waals surface area contributed by atoms with Crippen molar-refractivity contribution in [1.29, 1.82) is 0 Å². The molecule has 2 aliphatic carbocycles. The first-order valence-corrected chi connectivity index (χ1v) is 14.5. The summed E-state index contributed by atoms with van der Waals surface area (Å²) in [5.74, 6) is 0.443. The highest BCUT2D eigenvalue weighted by molar-refractivity contribution is 5.89. The van der Waals surface area contributed by atoms with Gasteiger partial charge in [0.1, 0.15) is 5.82 Å². The van der Waals surface area contributed by atoms with Crippen LogP contribution in [0.5, 0.6) is 0 Å². The predicted molar refractivity (Wildman–Crippen MR) is 159 cm³/mol. The number of nitrogens with one attached hydrogen (secondary N) is 2. The summed E-state index contributed by atoms with van der Waals surface area (Å²) in [6.45, 7) is 2.29. The van der Waals surface area contributed by atoms with Gasteiger partial charge in [-0.1, -0.05) is 66.6 Å². The van der Waals surface area contributed by atoms with Gasteiger partial charge in [-0.2, -0.15) is 5.10 Å². The predicted octanol–water partition coefficient (Wildman–Crippen LogP) is 7.35. The number of H-pyrrole nitrogens is 1. The molecule has 2 aliphatic rings. The summed E-state index contributed by atoms with van der Waals surface area (Å²) in [7, 11) is 0. The van der Waals surface area contributed by atoms with Gasteiger partial charge in [-0.25, -0.2) is 9.07 Å². The fourth-order valence-corrected chi connectivity index (χ4v) is 7.08. The van der Waals surface area contributed by atoms with E-state index in [1.165, 1.54) is 34.5 Å². The molecule has 2 aromatic heterocycles. The van der Waals surface area contributed by atoms with Crippen molar-refractivity contribution < 1.29 is 9.18 Å². The van der Waals surface area contributed by atoms with Crippen LogP contribution < -0.4 is 5.32 Å². The summed E-state index contributed by atoms with van der Waals surface area (Å²) in [5, 5.41) is 9.21. The van der Waals surface area contributed by atoms with Gasteiger partial charge in [0.15, 0.2) is 0 Å². The number of aromatic amines is 1. The molecule has 7 rings (SSSR count). The monoisotopic (exact) mass is 544 g/mol. The number of carbonyl (C=O) groups excluding carboxylic acids is 1.